The number of hydrogen-bond acceptors (Lipinski definition) is 5. The number of nitrogens with one attached hydrogen (secondary N) is 1. The number of halogens is 1. The number of aromatic nitrogens is 3. The first-order valence-corrected chi connectivity index (χ1v) is 9.00. The second kappa shape index (κ2) is 7.29. The Morgan fingerprint density at radius 2 is 1.96 bits per heavy atom. The predicted octanol–water partition coefficient (Wildman–Crippen LogP) is 2.39. The molecule has 0 aliphatic heterocycles. The number of hydrogen-bond donors (Lipinski definition) is 1. The van der Waals surface area contributed by atoms with Crippen LogP contribution in [-0.4, -0.2) is 30.3 Å². The molecule has 0 radical (unpaired) electrons. The molecule has 0 saturated carbocycles. The molecule has 1 heterocycles. The highest BCUT2D eigenvalue weighted by Gasteiger charge is 2.23. The Morgan fingerprint density at radius 1 is 1.30 bits per heavy atom. The highest BCUT2D eigenvalue weighted by atomic mass is 35.5. The Kier molecular flexibility index (Phi) is 5.61. The lowest BCUT2D eigenvalue weighted by Crippen LogP contribution is -2.29. The topological polar surface area (TPSA) is 86.1 Å². The molecule has 0 saturated heterocycles. The van der Waals surface area contributed by atoms with Crippen LogP contribution in [0.1, 0.15) is 32.1 Å². The number of sulfonamides is 1. The summed E-state index contributed by atoms with van der Waals surface area (Å²) in [5.74, 6) is 0.501. The molecule has 7 nitrogen and oxygen atoms in total. The summed E-state index contributed by atoms with van der Waals surface area (Å²) in [6.45, 7) is 4.35. The lowest BCUT2D eigenvalue weighted by atomic mass is 10.3. The van der Waals surface area contributed by atoms with Gasteiger partial charge < -0.3 is 4.74 Å². The second-order valence-electron chi connectivity index (χ2n) is 4.99. The molecule has 2 aromatic rings. The molecule has 0 amide bonds. The predicted molar refractivity (Wildman–Crippen MR) is 87.1 cm³/mol. The fourth-order valence-electron chi connectivity index (χ4n) is 2.17. The normalized spacial score (nSPS) is 13.0. The van der Waals surface area contributed by atoms with E-state index in [1.54, 1.807) is 11.5 Å². The van der Waals surface area contributed by atoms with E-state index < -0.39 is 16.1 Å². The first-order chi connectivity index (χ1) is 10.9. The van der Waals surface area contributed by atoms with Crippen LogP contribution in [0.2, 0.25) is 5.02 Å². The number of benzene rings is 1. The third-order valence-electron chi connectivity index (χ3n) is 3.22. The van der Waals surface area contributed by atoms with E-state index in [-0.39, 0.29) is 4.90 Å². The van der Waals surface area contributed by atoms with Crippen molar-refractivity contribution in [3.8, 4) is 6.01 Å². The van der Waals surface area contributed by atoms with Gasteiger partial charge >= 0.3 is 6.01 Å². The van der Waals surface area contributed by atoms with Crippen molar-refractivity contribution >= 4 is 21.6 Å². The van der Waals surface area contributed by atoms with Gasteiger partial charge in [0.25, 0.3) is 0 Å². The van der Waals surface area contributed by atoms with E-state index >= 15 is 0 Å². The average molecular weight is 359 g/mol. The molecule has 0 aliphatic carbocycles. The van der Waals surface area contributed by atoms with Gasteiger partial charge in [-0.25, -0.2) is 13.1 Å². The first-order valence-electron chi connectivity index (χ1n) is 7.14. The molecule has 0 fully saturated rings. The third kappa shape index (κ3) is 4.01. The van der Waals surface area contributed by atoms with E-state index in [1.807, 2.05) is 6.92 Å². The van der Waals surface area contributed by atoms with E-state index in [0.29, 0.717) is 23.4 Å². The lowest BCUT2D eigenvalue weighted by Gasteiger charge is -2.15. The Labute approximate surface area is 140 Å². The lowest BCUT2D eigenvalue weighted by molar-refractivity contribution is 0.351. The van der Waals surface area contributed by atoms with Crippen molar-refractivity contribution in [3.05, 3.63) is 35.1 Å². The summed E-state index contributed by atoms with van der Waals surface area (Å²) in [5, 5.41) is 8.44. The molecule has 1 aromatic carbocycles. The summed E-state index contributed by atoms with van der Waals surface area (Å²) in [4.78, 5) is 0.141. The van der Waals surface area contributed by atoms with Crippen LogP contribution in [-0.2, 0) is 16.6 Å². The number of ether oxygens (including phenoxy) is 1. The summed E-state index contributed by atoms with van der Waals surface area (Å²) in [6.07, 6.45) is 0.845. The zero-order valence-electron chi connectivity index (χ0n) is 13.2. The summed E-state index contributed by atoms with van der Waals surface area (Å²) in [7, 11) is -2.18. The van der Waals surface area contributed by atoms with Crippen LogP contribution in [0.15, 0.2) is 29.2 Å². The molecule has 9 heteroatoms. The van der Waals surface area contributed by atoms with E-state index in [9.17, 15) is 8.42 Å². The van der Waals surface area contributed by atoms with Crippen LogP contribution < -0.4 is 9.46 Å². The Bertz CT molecular complexity index is 759. The zero-order chi connectivity index (χ0) is 17.0. The minimum absolute atomic E-state index is 0.141. The van der Waals surface area contributed by atoms with Gasteiger partial charge in [-0.3, -0.25) is 4.57 Å². The van der Waals surface area contributed by atoms with Crippen molar-refractivity contribution in [3.63, 3.8) is 0 Å². The molecule has 23 heavy (non-hydrogen) atoms. The molecule has 1 N–H and O–H groups in total. The first kappa shape index (κ1) is 17.7. The van der Waals surface area contributed by atoms with E-state index in [2.05, 4.69) is 14.9 Å². The standard InChI is InChI=1S/C14H19ClN4O3S/c1-4-9-19-13(16-17-14(19)22-3)10(2)18-23(20,21)12-7-5-11(15)6-8-12/h5-8,10,18H,4,9H2,1-3H3/t10-/m1/s1. The highest BCUT2D eigenvalue weighted by molar-refractivity contribution is 7.89. The van der Waals surface area contributed by atoms with Gasteiger partial charge in [-0.2, -0.15) is 0 Å². The molecule has 1 aromatic heterocycles. The number of methoxy groups -OCH3 is 1. The third-order valence-corrected chi connectivity index (χ3v) is 5.03. The molecule has 1 atom stereocenters. The minimum Gasteiger partial charge on any atom is -0.467 e. The van der Waals surface area contributed by atoms with Crippen LogP contribution in [0.25, 0.3) is 0 Å². The van der Waals surface area contributed by atoms with E-state index in [0.717, 1.165) is 6.42 Å². The van der Waals surface area contributed by atoms with Gasteiger partial charge in [0.2, 0.25) is 10.0 Å². The Balaban J connectivity index is 2.26. The van der Waals surface area contributed by atoms with Crippen molar-refractivity contribution in [1.82, 2.24) is 19.5 Å². The van der Waals surface area contributed by atoms with Crippen molar-refractivity contribution in [2.75, 3.05) is 7.11 Å². The molecule has 0 bridgehead atoms. The van der Waals surface area contributed by atoms with Gasteiger partial charge in [0, 0.05) is 11.6 Å². The Hall–Kier alpha value is -1.64. The van der Waals surface area contributed by atoms with E-state index in [4.69, 9.17) is 16.3 Å². The van der Waals surface area contributed by atoms with Crippen LogP contribution in [0.5, 0.6) is 6.01 Å². The second-order valence-corrected chi connectivity index (χ2v) is 7.14. The summed E-state index contributed by atoms with van der Waals surface area (Å²) >= 11 is 5.79. The van der Waals surface area contributed by atoms with Crippen molar-refractivity contribution < 1.29 is 13.2 Å². The highest BCUT2D eigenvalue weighted by Crippen LogP contribution is 2.20. The van der Waals surface area contributed by atoms with Gasteiger partial charge in [0.1, 0.15) is 0 Å². The average Bonchev–Trinajstić information content (AvgIpc) is 2.90. The molecule has 2 rings (SSSR count). The van der Waals surface area contributed by atoms with Gasteiger partial charge in [-0.05, 0) is 37.6 Å². The van der Waals surface area contributed by atoms with Crippen molar-refractivity contribution in [2.45, 2.75) is 37.8 Å². The number of nitrogens with zero attached hydrogens (tertiary/aromatic N) is 3. The maximum Gasteiger partial charge on any atom is 0.316 e. The molecular formula is C14H19ClN4O3S. The quantitative estimate of drug-likeness (QED) is 0.821. The van der Waals surface area contributed by atoms with Crippen LogP contribution >= 0.6 is 11.6 Å². The monoisotopic (exact) mass is 358 g/mol. The van der Waals surface area contributed by atoms with Gasteiger partial charge in [0.05, 0.1) is 18.0 Å². The molecule has 0 spiro atoms. The van der Waals surface area contributed by atoms with Crippen molar-refractivity contribution in [2.24, 2.45) is 0 Å². The number of rotatable bonds is 7. The molecular weight excluding hydrogens is 340 g/mol. The Morgan fingerprint density at radius 3 is 2.52 bits per heavy atom. The maximum absolute atomic E-state index is 12.4. The van der Waals surface area contributed by atoms with E-state index in [1.165, 1.54) is 31.4 Å². The summed E-state index contributed by atoms with van der Waals surface area (Å²) < 4.78 is 34.4. The fourth-order valence-corrected chi connectivity index (χ4v) is 3.50. The SMILES string of the molecule is CCCn1c(OC)nnc1[C@@H](C)NS(=O)(=O)c1ccc(Cl)cc1. The van der Waals surface area contributed by atoms with Crippen LogP contribution in [0, 0.1) is 0 Å². The van der Waals surface area contributed by atoms with Crippen LogP contribution in [0.3, 0.4) is 0 Å². The molecule has 0 aliphatic rings. The van der Waals surface area contributed by atoms with Gasteiger partial charge in [-0.1, -0.05) is 23.6 Å². The van der Waals surface area contributed by atoms with Gasteiger partial charge in [-0.15, -0.1) is 5.10 Å². The smallest absolute Gasteiger partial charge is 0.316 e. The summed E-state index contributed by atoms with van der Waals surface area (Å²) in [5.41, 5.74) is 0. The van der Waals surface area contributed by atoms with Gasteiger partial charge in [0.15, 0.2) is 5.82 Å². The fraction of sp³-hybridized carbons (Fsp3) is 0.429. The summed E-state index contributed by atoms with van der Waals surface area (Å²) in [6, 6.07) is 5.77. The molecule has 126 valence electrons. The zero-order valence-corrected chi connectivity index (χ0v) is 14.7. The van der Waals surface area contributed by atoms with Crippen molar-refractivity contribution in [1.29, 1.82) is 0 Å². The minimum atomic E-state index is -3.68. The maximum atomic E-state index is 12.4. The van der Waals surface area contributed by atoms with Crippen LogP contribution in [0.4, 0.5) is 0 Å². The largest absolute Gasteiger partial charge is 0.467 e. The molecule has 0 unspecified atom stereocenters.